The first kappa shape index (κ1) is 14.1. The molecule has 0 bridgehead atoms. The van der Waals surface area contributed by atoms with Gasteiger partial charge in [-0.05, 0) is 32.9 Å². The van der Waals surface area contributed by atoms with E-state index in [-0.39, 0.29) is 0 Å². The van der Waals surface area contributed by atoms with E-state index in [9.17, 15) is 4.79 Å². The van der Waals surface area contributed by atoms with Gasteiger partial charge in [0.1, 0.15) is 5.60 Å². The monoisotopic (exact) mass is 248 g/mol. The molecule has 1 aromatic rings. The third kappa shape index (κ3) is 4.91. The summed E-state index contributed by atoms with van der Waals surface area (Å²) in [5.41, 5.74) is 3.30. The molecule has 0 unspecified atom stereocenters. The summed E-state index contributed by atoms with van der Waals surface area (Å²) < 4.78 is 5.30. The molecule has 0 fully saturated rings. The van der Waals surface area contributed by atoms with Crippen molar-refractivity contribution >= 4 is 11.8 Å². The Morgan fingerprint density at radius 1 is 1.39 bits per heavy atom. The predicted octanol–water partition coefficient (Wildman–Crippen LogP) is 3.44. The lowest BCUT2D eigenvalue weighted by molar-refractivity contribution is 0.0316. The van der Waals surface area contributed by atoms with Crippen molar-refractivity contribution in [3.05, 3.63) is 43.0 Å². The third-order valence-corrected chi connectivity index (χ3v) is 1.96. The van der Waals surface area contributed by atoms with Crippen LogP contribution in [0.15, 0.2) is 43.0 Å². The van der Waals surface area contributed by atoms with Gasteiger partial charge in [-0.2, -0.15) is 0 Å². The number of ether oxygens (including phenoxy) is 1. The topological polar surface area (TPSA) is 41.6 Å². The molecular formula is C14H20N2O2. The second-order valence-electron chi connectivity index (χ2n) is 4.86. The first-order chi connectivity index (χ1) is 8.42. The fourth-order valence-corrected chi connectivity index (χ4v) is 1.28. The van der Waals surface area contributed by atoms with E-state index in [0.29, 0.717) is 6.54 Å². The molecule has 0 atom stereocenters. The normalized spacial score (nSPS) is 10.6. The highest BCUT2D eigenvalue weighted by Crippen LogP contribution is 2.12. The number of hydrazine groups is 1. The molecule has 0 aromatic heterocycles. The van der Waals surface area contributed by atoms with Crippen LogP contribution in [0.1, 0.15) is 20.8 Å². The third-order valence-electron chi connectivity index (χ3n) is 1.96. The molecule has 1 N–H and O–H groups in total. The molecule has 98 valence electrons. The Morgan fingerprint density at radius 3 is 2.50 bits per heavy atom. The number of amides is 1. The maximum absolute atomic E-state index is 11.9. The van der Waals surface area contributed by atoms with E-state index in [4.69, 9.17) is 4.74 Å². The number of carbonyl (C=O) groups excluding carboxylic acids is 1. The Labute approximate surface area is 108 Å². The summed E-state index contributed by atoms with van der Waals surface area (Å²) in [6, 6.07) is 9.45. The average Bonchev–Trinajstić information content (AvgIpc) is 2.27. The van der Waals surface area contributed by atoms with Crippen molar-refractivity contribution in [2.24, 2.45) is 0 Å². The zero-order valence-corrected chi connectivity index (χ0v) is 11.1. The van der Waals surface area contributed by atoms with Crippen molar-refractivity contribution in [1.29, 1.82) is 0 Å². The van der Waals surface area contributed by atoms with Gasteiger partial charge >= 0.3 is 6.09 Å². The van der Waals surface area contributed by atoms with Crippen LogP contribution in [-0.2, 0) is 4.74 Å². The van der Waals surface area contributed by atoms with Gasteiger partial charge in [-0.25, -0.2) is 9.80 Å². The SMILES string of the molecule is C=CCN(Nc1ccccc1)C(=O)OC(C)(C)C. The van der Waals surface area contributed by atoms with Gasteiger partial charge in [0.25, 0.3) is 0 Å². The molecular weight excluding hydrogens is 228 g/mol. The lowest BCUT2D eigenvalue weighted by atomic mass is 10.2. The van der Waals surface area contributed by atoms with E-state index in [1.54, 1.807) is 6.08 Å². The molecule has 1 rings (SSSR count). The Morgan fingerprint density at radius 2 is 2.00 bits per heavy atom. The summed E-state index contributed by atoms with van der Waals surface area (Å²) in [4.78, 5) is 11.9. The zero-order chi connectivity index (χ0) is 13.6. The second kappa shape index (κ2) is 6.10. The van der Waals surface area contributed by atoms with Crippen molar-refractivity contribution < 1.29 is 9.53 Å². The molecule has 4 heteroatoms. The summed E-state index contributed by atoms with van der Waals surface area (Å²) in [5, 5.41) is 1.38. The van der Waals surface area contributed by atoms with Gasteiger partial charge in [-0.15, -0.1) is 6.58 Å². The van der Waals surface area contributed by atoms with Gasteiger partial charge in [0.15, 0.2) is 0 Å². The Hall–Kier alpha value is -1.97. The van der Waals surface area contributed by atoms with E-state index in [0.717, 1.165) is 5.69 Å². The van der Waals surface area contributed by atoms with Crippen LogP contribution in [0.5, 0.6) is 0 Å². The highest BCUT2D eigenvalue weighted by Gasteiger charge is 2.21. The minimum Gasteiger partial charge on any atom is -0.442 e. The number of carbonyl (C=O) groups is 1. The maximum Gasteiger partial charge on any atom is 0.429 e. The van der Waals surface area contributed by atoms with E-state index in [1.807, 2.05) is 51.1 Å². The summed E-state index contributed by atoms with van der Waals surface area (Å²) >= 11 is 0. The summed E-state index contributed by atoms with van der Waals surface area (Å²) in [6.45, 7) is 9.49. The second-order valence-corrected chi connectivity index (χ2v) is 4.86. The average molecular weight is 248 g/mol. The lowest BCUT2D eigenvalue weighted by Crippen LogP contribution is -2.40. The Kier molecular flexibility index (Phi) is 4.77. The predicted molar refractivity (Wildman–Crippen MR) is 73.2 cm³/mol. The van der Waals surface area contributed by atoms with E-state index in [1.165, 1.54) is 5.01 Å². The standard InChI is InChI=1S/C14H20N2O2/c1-5-11-16(13(17)18-14(2,3)4)15-12-9-7-6-8-10-12/h5-10,15H,1,11H2,2-4H3. The smallest absolute Gasteiger partial charge is 0.429 e. The van der Waals surface area contributed by atoms with Gasteiger partial charge in [0.2, 0.25) is 0 Å². The molecule has 0 aliphatic heterocycles. The number of hydrogen-bond donors (Lipinski definition) is 1. The molecule has 0 heterocycles. The Balaban J connectivity index is 2.71. The number of benzene rings is 1. The minimum atomic E-state index is -0.519. The van der Waals surface area contributed by atoms with Crippen molar-refractivity contribution in [3.8, 4) is 0 Å². The minimum absolute atomic E-state index is 0.365. The fraction of sp³-hybridized carbons (Fsp3) is 0.357. The first-order valence-electron chi connectivity index (χ1n) is 5.85. The number of hydrogen-bond acceptors (Lipinski definition) is 3. The largest absolute Gasteiger partial charge is 0.442 e. The van der Waals surface area contributed by atoms with Crippen molar-refractivity contribution in [3.63, 3.8) is 0 Å². The number of rotatable bonds is 4. The summed E-state index contributed by atoms with van der Waals surface area (Å²) in [6.07, 6.45) is 1.21. The van der Waals surface area contributed by atoms with Crippen LogP contribution >= 0.6 is 0 Å². The van der Waals surface area contributed by atoms with E-state index in [2.05, 4.69) is 12.0 Å². The molecule has 0 radical (unpaired) electrons. The summed E-state index contributed by atoms with van der Waals surface area (Å²) in [5.74, 6) is 0. The summed E-state index contributed by atoms with van der Waals surface area (Å²) in [7, 11) is 0. The van der Waals surface area contributed by atoms with Crippen LogP contribution in [0.25, 0.3) is 0 Å². The van der Waals surface area contributed by atoms with Crippen molar-refractivity contribution in [2.45, 2.75) is 26.4 Å². The van der Waals surface area contributed by atoms with Crippen LogP contribution in [0.2, 0.25) is 0 Å². The van der Waals surface area contributed by atoms with Gasteiger partial charge in [-0.3, -0.25) is 5.43 Å². The Bertz CT molecular complexity index is 396. The number of para-hydroxylation sites is 1. The van der Waals surface area contributed by atoms with Gasteiger partial charge in [0.05, 0.1) is 12.2 Å². The molecule has 4 nitrogen and oxygen atoms in total. The van der Waals surface area contributed by atoms with E-state index < -0.39 is 11.7 Å². The highest BCUT2D eigenvalue weighted by molar-refractivity contribution is 5.70. The number of nitrogens with zero attached hydrogens (tertiary/aromatic N) is 1. The molecule has 0 saturated carbocycles. The lowest BCUT2D eigenvalue weighted by Gasteiger charge is -2.27. The van der Waals surface area contributed by atoms with Crippen LogP contribution in [0, 0.1) is 0 Å². The molecule has 1 aromatic carbocycles. The van der Waals surface area contributed by atoms with Crippen molar-refractivity contribution in [2.75, 3.05) is 12.0 Å². The maximum atomic E-state index is 11.9. The molecule has 0 spiro atoms. The van der Waals surface area contributed by atoms with Crippen LogP contribution in [-0.4, -0.2) is 23.2 Å². The van der Waals surface area contributed by atoms with Crippen LogP contribution in [0.3, 0.4) is 0 Å². The van der Waals surface area contributed by atoms with Crippen LogP contribution < -0.4 is 5.43 Å². The van der Waals surface area contributed by atoms with Gasteiger partial charge in [0, 0.05) is 0 Å². The number of anilines is 1. The molecule has 0 saturated heterocycles. The van der Waals surface area contributed by atoms with Gasteiger partial charge < -0.3 is 4.74 Å². The number of nitrogens with one attached hydrogen (secondary N) is 1. The molecule has 0 aliphatic carbocycles. The van der Waals surface area contributed by atoms with Gasteiger partial charge in [-0.1, -0.05) is 24.3 Å². The quantitative estimate of drug-likeness (QED) is 0.655. The highest BCUT2D eigenvalue weighted by atomic mass is 16.6. The molecule has 18 heavy (non-hydrogen) atoms. The molecule has 1 amide bonds. The van der Waals surface area contributed by atoms with Crippen LogP contribution in [0.4, 0.5) is 10.5 Å². The first-order valence-corrected chi connectivity index (χ1v) is 5.85. The fourth-order valence-electron chi connectivity index (χ4n) is 1.28. The zero-order valence-electron chi connectivity index (χ0n) is 11.1. The van der Waals surface area contributed by atoms with Crippen molar-refractivity contribution in [1.82, 2.24) is 5.01 Å². The van der Waals surface area contributed by atoms with E-state index >= 15 is 0 Å². The molecule has 0 aliphatic rings.